The first-order chi connectivity index (χ1) is 17.1. The Morgan fingerprint density at radius 2 is 1.54 bits per heavy atom. The molecule has 1 fully saturated rings. The minimum Gasteiger partial charge on any atom is -0.339 e. The number of amides is 2. The summed E-state index contributed by atoms with van der Waals surface area (Å²) in [7, 11) is 0. The molecule has 35 heavy (non-hydrogen) atoms. The predicted octanol–water partition coefficient (Wildman–Crippen LogP) is 5.32. The van der Waals surface area contributed by atoms with Crippen molar-refractivity contribution >= 4 is 17.5 Å². The van der Waals surface area contributed by atoms with Crippen molar-refractivity contribution < 1.29 is 14.1 Å². The Morgan fingerprint density at radius 3 is 2.23 bits per heavy atom. The van der Waals surface area contributed by atoms with Crippen LogP contribution in [0.1, 0.15) is 50.9 Å². The molecule has 1 saturated heterocycles. The van der Waals surface area contributed by atoms with Crippen molar-refractivity contribution in [1.29, 1.82) is 0 Å². The maximum atomic E-state index is 12.8. The van der Waals surface area contributed by atoms with Crippen LogP contribution in [0.15, 0.2) is 83.4 Å². The molecule has 7 nitrogen and oxygen atoms in total. The second-order valence-electron chi connectivity index (χ2n) is 8.79. The van der Waals surface area contributed by atoms with Crippen LogP contribution in [-0.4, -0.2) is 39.9 Å². The van der Waals surface area contributed by atoms with Crippen LogP contribution in [0, 0.1) is 6.92 Å². The predicted molar refractivity (Wildman–Crippen MR) is 133 cm³/mol. The lowest BCUT2D eigenvalue weighted by Gasteiger charge is -2.30. The molecule has 1 aliphatic rings. The van der Waals surface area contributed by atoms with E-state index >= 15 is 0 Å². The van der Waals surface area contributed by atoms with E-state index in [1.807, 2.05) is 78.6 Å². The summed E-state index contributed by atoms with van der Waals surface area (Å²) in [5, 5.41) is 7.02. The zero-order valence-electron chi connectivity index (χ0n) is 19.5. The normalized spacial score (nSPS) is 14.0. The third kappa shape index (κ3) is 5.14. The van der Waals surface area contributed by atoms with Crippen molar-refractivity contribution in [2.75, 3.05) is 18.4 Å². The van der Waals surface area contributed by atoms with Crippen LogP contribution in [0.2, 0.25) is 0 Å². The largest absolute Gasteiger partial charge is 0.339 e. The summed E-state index contributed by atoms with van der Waals surface area (Å²) < 4.78 is 5.56. The molecule has 4 aromatic rings. The van der Waals surface area contributed by atoms with E-state index in [9.17, 15) is 9.59 Å². The number of hydrogen-bond donors (Lipinski definition) is 1. The Kier molecular flexibility index (Phi) is 6.39. The van der Waals surface area contributed by atoms with E-state index in [1.54, 1.807) is 12.1 Å². The molecule has 7 heteroatoms. The summed E-state index contributed by atoms with van der Waals surface area (Å²) in [6.45, 7) is 3.32. The molecule has 0 aliphatic carbocycles. The molecule has 2 heterocycles. The Balaban J connectivity index is 1.19. The van der Waals surface area contributed by atoms with Crippen LogP contribution < -0.4 is 5.32 Å². The maximum absolute atomic E-state index is 12.8. The smallest absolute Gasteiger partial charge is 0.255 e. The van der Waals surface area contributed by atoms with E-state index in [-0.39, 0.29) is 17.7 Å². The number of rotatable bonds is 5. The molecule has 3 aromatic carbocycles. The van der Waals surface area contributed by atoms with Gasteiger partial charge in [0, 0.05) is 41.4 Å². The van der Waals surface area contributed by atoms with Gasteiger partial charge in [-0.15, -0.1) is 0 Å². The van der Waals surface area contributed by atoms with Crippen LogP contribution in [0.3, 0.4) is 0 Å². The van der Waals surface area contributed by atoms with Crippen molar-refractivity contribution in [2.24, 2.45) is 0 Å². The zero-order valence-corrected chi connectivity index (χ0v) is 19.5. The average Bonchev–Trinajstić information content (AvgIpc) is 3.40. The minimum atomic E-state index is -0.177. The molecule has 0 atom stereocenters. The van der Waals surface area contributed by atoms with Gasteiger partial charge < -0.3 is 14.7 Å². The van der Waals surface area contributed by atoms with Crippen molar-refractivity contribution in [1.82, 2.24) is 15.0 Å². The van der Waals surface area contributed by atoms with Crippen LogP contribution in [0.4, 0.5) is 5.69 Å². The SMILES string of the molecule is Cc1ccc(C(=O)N2CCC(c3nc(-c4ccc(C(=O)Nc5ccccc5)cc4)no3)CC2)cc1. The first-order valence-corrected chi connectivity index (χ1v) is 11.7. The summed E-state index contributed by atoms with van der Waals surface area (Å²) in [4.78, 5) is 31.7. The first kappa shape index (κ1) is 22.5. The molecule has 0 bridgehead atoms. The van der Waals surface area contributed by atoms with E-state index in [0.717, 1.165) is 35.2 Å². The molecular weight excluding hydrogens is 440 g/mol. The Morgan fingerprint density at radius 1 is 0.886 bits per heavy atom. The minimum absolute atomic E-state index is 0.0612. The third-order valence-electron chi connectivity index (χ3n) is 6.31. The summed E-state index contributed by atoms with van der Waals surface area (Å²) in [6.07, 6.45) is 1.55. The van der Waals surface area contributed by atoms with Crippen LogP contribution >= 0.6 is 0 Å². The molecule has 1 aliphatic heterocycles. The van der Waals surface area contributed by atoms with Crippen molar-refractivity contribution in [3.63, 3.8) is 0 Å². The number of likely N-dealkylation sites (tertiary alicyclic amines) is 1. The van der Waals surface area contributed by atoms with Crippen molar-refractivity contribution in [3.05, 3.63) is 101 Å². The fraction of sp³-hybridized carbons (Fsp3) is 0.214. The van der Waals surface area contributed by atoms with Gasteiger partial charge in [-0.05, 0) is 56.2 Å². The van der Waals surface area contributed by atoms with Gasteiger partial charge in [-0.3, -0.25) is 9.59 Å². The number of anilines is 1. The zero-order chi connectivity index (χ0) is 24.2. The molecule has 0 unspecified atom stereocenters. The van der Waals surface area contributed by atoms with Gasteiger partial charge in [0.2, 0.25) is 11.7 Å². The molecular formula is C28H26N4O3. The lowest BCUT2D eigenvalue weighted by Crippen LogP contribution is -2.38. The molecule has 0 saturated carbocycles. The van der Waals surface area contributed by atoms with Crippen LogP contribution in [-0.2, 0) is 0 Å². The third-order valence-corrected chi connectivity index (χ3v) is 6.31. The van der Waals surface area contributed by atoms with Gasteiger partial charge in [0.1, 0.15) is 0 Å². The van der Waals surface area contributed by atoms with Gasteiger partial charge >= 0.3 is 0 Å². The fourth-order valence-electron chi connectivity index (χ4n) is 4.22. The second-order valence-corrected chi connectivity index (χ2v) is 8.79. The Bertz CT molecular complexity index is 1310. The first-order valence-electron chi connectivity index (χ1n) is 11.7. The summed E-state index contributed by atoms with van der Waals surface area (Å²) in [6, 6.07) is 24.1. The van der Waals surface area contributed by atoms with Crippen molar-refractivity contribution in [3.8, 4) is 11.4 Å². The maximum Gasteiger partial charge on any atom is 0.255 e. The quantitative estimate of drug-likeness (QED) is 0.430. The number of nitrogens with zero attached hydrogens (tertiary/aromatic N) is 3. The number of para-hydroxylation sites is 1. The van der Waals surface area contributed by atoms with Gasteiger partial charge in [-0.25, -0.2) is 0 Å². The highest BCUT2D eigenvalue weighted by Gasteiger charge is 2.28. The highest BCUT2D eigenvalue weighted by atomic mass is 16.5. The van der Waals surface area contributed by atoms with Crippen molar-refractivity contribution in [2.45, 2.75) is 25.7 Å². The number of carbonyl (C=O) groups excluding carboxylic acids is 2. The monoisotopic (exact) mass is 466 g/mol. The van der Waals surface area contributed by atoms with Gasteiger partial charge in [0.05, 0.1) is 0 Å². The van der Waals surface area contributed by atoms with Gasteiger partial charge in [0.25, 0.3) is 11.8 Å². The van der Waals surface area contributed by atoms with E-state index < -0.39 is 0 Å². The highest BCUT2D eigenvalue weighted by Crippen LogP contribution is 2.29. The van der Waals surface area contributed by atoms with E-state index in [0.29, 0.717) is 30.4 Å². The fourth-order valence-corrected chi connectivity index (χ4v) is 4.22. The summed E-state index contributed by atoms with van der Waals surface area (Å²) in [5.74, 6) is 1.09. The van der Waals surface area contributed by atoms with Gasteiger partial charge in [-0.2, -0.15) is 4.98 Å². The average molecular weight is 467 g/mol. The lowest BCUT2D eigenvalue weighted by atomic mass is 9.96. The van der Waals surface area contributed by atoms with Gasteiger partial charge in [-0.1, -0.05) is 53.2 Å². The van der Waals surface area contributed by atoms with Gasteiger partial charge in [0.15, 0.2) is 0 Å². The molecule has 176 valence electrons. The van der Waals surface area contributed by atoms with E-state index in [1.165, 1.54) is 0 Å². The molecule has 5 rings (SSSR count). The number of piperidine rings is 1. The Hall–Kier alpha value is -4.26. The molecule has 1 N–H and O–H groups in total. The Labute approximate surface area is 203 Å². The lowest BCUT2D eigenvalue weighted by molar-refractivity contribution is 0.0704. The standard InChI is InChI=1S/C28H26N4O3/c1-19-7-9-23(10-8-19)28(34)32-17-15-22(16-18-32)27-30-25(31-35-27)20-11-13-21(14-12-20)26(33)29-24-5-3-2-4-6-24/h2-14,22H,15-18H2,1H3,(H,29,33). The number of aryl methyl sites for hydroxylation is 1. The number of nitrogens with one attached hydrogen (secondary N) is 1. The second kappa shape index (κ2) is 9.93. The molecule has 0 radical (unpaired) electrons. The number of benzene rings is 3. The molecule has 0 spiro atoms. The topological polar surface area (TPSA) is 88.3 Å². The van der Waals surface area contributed by atoms with E-state index in [4.69, 9.17) is 4.52 Å². The molecule has 2 amide bonds. The molecule has 1 aromatic heterocycles. The highest BCUT2D eigenvalue weighted by molar-refractivity contribution is 6.04. The number of aromatic nitrogens is 2. The summed E-state index contributed by atoms with van der Waals surface area (Å²) in [5.41, 5.74) is 3.93. The van der Waals surface area contributed by atoms with Crippen LogP contribution in [0.5, 0.6) is 0 Å². The summed E-state index contributed by atoms with van der Waals surface area (Å²) >= 11 is 0. The van der Waals surface area contributed by atoms with E-state index in [2.05, 4.69) is 15.5 Å². The van der Waals surface area contributed by atoms with Crippen LogP contribution in [0.25, 0.3) is 11.4 Å². The number of hydrogen-bond acceptors (Lipinski definition) is 5. The number of carbonyl (C=O) groups is 2.